The van der Waals surface area contributed by atoms with Gasteiger partial charge in [0.05, 0.1) is 6.04 Å². The van der Waals surface area contributed by atoms with Crippen LogP contribution in [-0.2, 0) is 11.3 Å². The highest BCUT2D eigenvalue weighted by molar-refractivity contribution is 5.85. The van der Waals surface area contributed by atoms with Crippen molar-refractivity contribution in [3.63, 3.8) is 0 Å². The van der Waals surface area contributed by atoms with Crippen LogP contribution in [0.1, 0.15) is 26.3 Å². The Balaban J connectivity index is 0.00000288. The minimum absolute atomic E-state index is 0. The zero-order valence-corrected chi connectivity index (χ0v) is 15.6. The fraction of sp³-hybridized carbons (Fsp3) is 0.350. The molecule has 0 bridgehead atoms. The largest absolute Gasteiger partial charge is 0.340 e. The molecule has 0 radical (unpaired) electrons. The average molecular weight is 347 g/mol. The van der Waals surface area contributed by atoms with Crippen molar-refractivity contribution in [3.05, 3.63) is 60.2 Å². The van der Waals surface area contributed by atoms with E-state index in [1.54, 1.807) is 4.90 Å². The van der Waals surface area contributed by atoms with Crippen molar-refractivity contribution < 1.29 is 4.79 Å². The van der Waals surface area contributed by atoms with Gasteiger partial charge in [0, 0.05) is 13.6 Å². The van der Waals surface area contributed by atoms with Crippen LogP contribution in [0.25, 0.3) is 11.1 Å². The lowest BCUT2D eigenvalue weighted by molar-refractivity contribution is -0.134. The number of carbonyl (C=O) groups is 1. The van der Waals surface area contributed by atoms with Gasteiger partial charge in [-0.25, -0.2) is 0 Å². The zero-order valence-electron chi connectivity index (χ0n) is 14.8. The Labute approximate surface area is 151 Å². The maximum Gasteiger partial charge on any atom is 0.240 e. The summed E-state index contributed by atoms with van der Waals surface area (Å²) < 4.78 is 0. The summed E-state index contributed by atoms with van der Waals surface area (Å²) in [7, 11) is 1.82. The molecule has 0 aliphatic heterocycles. The molecule has 0 aromatic heterocycles. The predicted octanol–water partition coefficient (Wildman–Crippen LogP) is 4.11. The van der Waals surface area contributed by atoms with Crippen molar-refractivity contribution in [1.82, 2.24) is 4.90 Å². The Morgan fingerprint density at radius 1 is 1.04 bits per heavy atom. The van der Waals surface area contributed by atoms with E-state index in [4.69, 9.17) is 5.73 Å². The Morgan fingerprint density at radius 2 is 1.58 bits per heavy atom. The molecular formula is C20H27ClN2O. The van der Waals surface area contributed by atoms with E-state index in [0.717, 1.165) is 16.7 Å². The number of carbonyl (C=O) groups excluding carboxylic acids is 1. The maximum absolute atomic E-state index is 12.5. The molecule has 0 saturated heterocycles. The fourth-order valence-electron chi connectivity index (χ4n) is 2.50. The molecule has 2 N–H and O–H groups in total. The molecular weight excluding hydrogens is 320 g/mol. The van der Waals surface area contributed by atoms with Crippen LogP contribution < -0.4 is 5.73 Å². The molecule has 0 saturated carbocycles. The Bertz CT molecular complexity index is 665. The van der Waals surface area contributed by atoms with Gasteiger partial charge in [0.1, 0.15) is 0 Å². The number of halogens is 1. The molecule has 2 rings (SSSR count). The third-order valence-corrected chi connectivity index (χ3v) is 4.08. The van der Waals surface area contributed by atoms with Crippen LogP contribution in [0.3, 0.4) is 0 Å². The van der Waals surface area contributed by atoms with Crippen molar-refractivity contribution in [2.45, 2.75) is 33.4 Å². The van der Waals surface area contributed by atoms with Gasteiger partial charge in [-0.1, -0.05) is 75.4 Å². The standard InChI is InChI=1S/C20H26N2O.ClH/c1-20(2,3)18(21)19(23)22(4)14-16-12-8-9-13-17(16)15-10-6-5-7-11-15;/h5-13,18H,14,21H2,1-4H3;1H/t18-;/m1./s1. The highest BCUT2D eigenvalue weighted by Gasteiger charge is 2.29. The lowest BCUT2D eigenvalue weighted by atomic mass is 9.86. The quantitative estimate of drug-likeness (QED) is 0.905. The second-order valence-corrected chi connectivity index (χ2v) is 7.06. The number of likely N-dealkylation sites (N-methyl/N-ethyl adjacent to an activating group) is 1. The SMILES string of the molecule is CN(Cc1ccccc1-c1ccccc1)C(=O)[C@@H](N)C(C)(C)C.Cl. The number of nitrogens with zero attached hydrogens (tertiary/aromatic N) is 1. The van der Waals surface area contributed by atoms with Crippen molar-refractivity contribution in [2.75, 3.05) is 7.05 Å². The lowest BCUT2D eigenvalue weighted by Crippen LogP contribution is -2.48. The van der Waals surface area contributed by atoms with Crippen LogP contribution >= 0.6 is 12.4 Å². The molecule has 3 nitrogen and oxygen atoms in total. The van der Waals surface area contributed by atoms with Crippen LogP contribution in [0, 0.1) is 5.41 Å². The minimum Gasteiger partial charge on any atom is -0.340 e. The van der Waals surface area contributed by atoms with E-state index in [9.17, 15) is 4.79 Å². The van der Waals surface area contributed by atoms with Crippen molar-refractivity contribution in [2.24, 2.45) is 11.1 Å². The van der Waals surface area contributed by atoms with Gasteiger partial charge >= 0.3 is 0 Å². The van der Waals surface area contributed by atoms with Gasteiger partial charge in [-0.2, -0.15) is 0 Å². The van der Waals surface area contributed by atoms with Gasteiger partial charge in [-0.15, -0.1) is 12.4 Å². The summed E-state index contributed by atoms with van der Waals surface area (Å²) in [6, 6.07) is 17.9. The van der Waals surface area contributed by atoms with Crippen LogP contribution in [0.15, 0.2) is 54.6 Å². The Morgan fingerprint density at radius 3 is 2.17 bits per heavy atom. The topological polar surface area (TPSA) is 46.3 Å². The number of benzene rings is 2. The molecule has 1 atom stereocenters. The molecule has 0 fully saturated rings. The molecule has 1 amide bonds. The van der Waals surface area contributed by atoms with Crippen LogP contribution in [-0.4, -0.2) is 23.9 Å². The highest BCUT2D eigenvalue weighted by Crippen LogP contribution is 2.25. The molecule has 2 aromatic carbocycles. The van der Waals surface area contributed by atoms with E-state index >= 15 is 0 Å². The smallest absolute Gasteiger partial charge is 0.240 e. The molecule has 24 heavy (non-hydrogen) atoms. The first-order valence-electron chi connectivity index (χ1n) is 7.94. The predicted molar refractivity (Wildman–Crippen MR) is 103 cm³/mol. The first kappa shape index (κ1) is 20.2. The number of hydrogen-bond acceptors (Lipinski definition) is 2. The maximum atomic E-state index is 12.5. The molecule has 2 aromatic rings. The van der Waals surface area contributed by atoms with E-state index in [-0.39, 0.29) is 23.7 Å². The Kier molecular flexibility index (Phi) is 7.00. The number of amides is 1. The first-order chi connectivity index (χ1) is 10.8. The zero-order chi connectivity index (χ0) is 17.0. The van der Waals surface area contributed by atoms with Crippen LogP contribution in [0.2, 0.25) is 0 Å². The second kappa shape index (κ2) is 8.32. The van der Waals surface area contributed by atoms with Crippen molar-refractivity contribution >= 4 is 18.3 Å². The van der Waals surface area contributed by atoms with Gasteiger partial charge in [-0.3, -0.25) is 4.79 Å². The average Bonchev–Trinajstić information content (AvgIpc) is 2.54. The summed E-state index contributed by atoms with van der Waals surface area (Å²) in [5.74, 6) is -0.0274. The van der Waals surface area contributed by atoms with Gasteiger partial charge < -0.3 is 10.6 Å². The molecule has 0 spiro atoms. The third-order valence-electron chi connectivity index (χ3n) is 4.08. The summed E-state index contributed by atoms with van der Waals surface area (Å²) >= 11 is 0. The van der Waals surface area contributed by atoms with Gasteiger partial charge in [0.15, 0.2) is 0 Å². The van der Waals surface area contributed by atoms with E-state index in [1.807, 2.05) is 58.2 Å². The van der Waals surface area contributed by atoms with Gasteiger partial charge in [-0.05, 0) is 22.1 Å². The first-order valence-corrected chi connectivity index (χ1v) is 7.94. The molecule has 130 valence electrons. The monoisotopic (exact) mass is 346 g/mol. The van der Waals surface area contributed by atoms with E-state index in [1.165, 1.54) is 0 Å². The number of nitrogens with two attached hydrogens (primary N) is 1. The minimum atomic E-state index is -0.503. The molecule has 4 heteroatoms. The van der Waals surface area contributed by atoms with Crippen LogP contribution in [0.5, 0.6) is 0 Å². The Hall–Kier alpha value is -1.84. The molecule has 0 aliphatic carbocycles. The summed E-state index contributed by atoms with van der Waals surface area (Å²) in [6.45, 7) is 6.51. The number of rotatable bonds is 4. The highest BCUT2D eigenvalue weighted by atomic mass is 35.5. The summed E-state index contributed by atoms with van der Waals surface area (Å²) in [6.07, 6.45) is 0. The van der Waals surface area contributed by atoms with Gasteiger partial charge in [0.2, 0.25) is 5.91 Å². The van der Waals surface area contributed by atoms with Gasteiger partial charge in [0.25, 0.3) is 0 Å². The molecule has 0 heterocycles. The molecule has 0 aliphatic rings. The fourth-order valence-corrected chi connectivity index (χ4v) is 2.50. The van der Waals surface area contributed by atoms with E-state index in [0.29, 0.717) is 6.54 Å². The summed E-state index contributed by atoms with van der Waals surface area (Å²) in [5, 5.41) is 0. The lowest BCUT2D eigenvalue weighted by Gasteiger charge is -2.30. The summed E-state index contributed by atoms with van der Waals surface area (Å²) in [4.78, 5) is 14.3. The second-order valence-electron chi connectivity index (χ2n) is 7.06. The van der Waals surface area contributed by atoms with Crippen LogP contribution in [0.4, 0.5) is 0 Å². The molecule has 0 unspecified atom stereocenters. The normalized spacial score (nSPS) is 12.2. The van der Waals surface area contributed by atoms with Crippen molar-refractivity contribution in [3.8, 4) is 11.1 Å². The van der Waals surface area contributed by atoms with E-state index < -0.39 is 6.04 Å². The summed E-state index contributed by atoms with van der Waals surface area (Å²) in [5.41, 5.74) is 9.29. The number of hydrogen-bond donors (Lipinski definition) is 1. The van der Waals surface area contributed by atoms with Crippen molar-refractivity contribution in [1.29, 1.82) is 0 Å². The third kappa shape index (κ3) is 4.83. The van der Waals surface area contributed by atoms with E-state index in [2.05, 4.69) is 24.3 Å².